The molecule has 1 rings (SSSR count). The molecular weight excluding hydrogens is 234 g/mol. The van der Waals surface area contributed by atoms with Gasteiger partial charge in [-0.05, 0) is 44.0 Å². The molecule has 2 N–H and O–H groups in total. The van der Waals surface area contributed by atoms with E-state index >= 15 is 0 Å². The Balaban J connectivity index is 2.95. The summed E-state index contributed by atoms with van der Waals surface area (Å²) in [5, 5.41) is 11.4. The lowest BCUT2D eigenvalue weighted by Crippen LogP contribution is -2.27. The molecule has 0 saturated heterocycles. The Morgan fingerprint density at radius 2 is 1.89 bits per heavy atom. The van der Waals surface area contributed by atoms with Crippen molar-refractivity contribution in [3.05, 3.63) is 23.3 Å². The molecular formula is C13H17NO4. The molecule has 0 aromatic heterocycles. The highest BCUT2D eigenvalue weighted by Gasteiger charge is 2.21. The van der Waals surface area contributed by atoms with Crippen LogP contribution in [-0.2, 0) is 9.59 Å². The maximum absolute atomic E-state index is 11.6. The highest BCUT2D eigenvalue weighted by atomic mass is 16.5. The van der Waals surface area contributed by atoms with E-state index in [1.54, 1.807) is 19.2 Å². The molecule has 0 aliphatic rings. The van der Waals surface area contributed by atoms with Crippen LogP contribution in [-0.4, -0.2) is 24.1 Å². The largest absolute Gasteiger partial charge is 0.496 e. The number of ether oxygens (including phenoxy) is 1. The smallest absolute Gasteiger partial charge is 0.315 e. The van der Waals surface area contributed by atoms with E-state index in [1.165, 1.54) is 6.92 Å². The van der Waals surface area contributed by atoms with E-state index in [-0.39, 0.29) is 0 Å². The fourth-order valence-electron chi connectivity index (χ4n) is 1.50. The maximum atomic E-state index is 11.6. The van der Waals surface area contributed by atoms with Crippen molar-refractivity contribution in [3.8, 4) is 5.75 Å². The average Bonchev–Trinajstić information content (AvgIpc) is 2.32. The van der Waals surface area contributed by atoms with Crippen LogP contribution in [0.2, 0.25) is 0 Å². The number of aryl methyl sites for hydroxylation is 2. The standard InChI is InChI=1S/C13H17NO4/c1-7-6-11(18-4)8(2)5-10(7)14-12(15)9(3)13(16)17/h5-6,9H,1-4H3,(H,14,15)(H,16,17). The predicted octanol–water partition coefficient (Wildman–Crippen LogP) is 1.97. The van der Waals surface area contributed by atoms with Crippen molar-refractivity contribution in [2.75, 3.05) is 12.4 Å². The van der Waals surface area contributed by atoms with Crippen molar-refractivity contribution in [2.45, 2.75) is 20.8 Å². The zero-order chi connectivity index (χ0) is 13.9. The van der Waals surface area contributed by atoms with Gasteiger partial charge in [0.25, 0.3) is 0 Å². The van der Waals surface area contributed by atoms with Gasteiger partial charge in [0, 0.05) is 5.69 Å². The number of aliphatic carboxylic acids is 1. The van der Waals surface area contributed by atoms with Gasteiger partial charge in [-0.1, -0.05) is 0 Å². The first-order valence-electron chi connectivity index (χ1n) is 5.55. The fraction of sp³-hybridized carbons (Fsp3) is 0.385. The molecule has 0 aliphatic heterocycles. The summed E-state index contributed by atoms with van der Waals surface area (Å²) in [6, 6.07) is 3.57. The number of rotatable bonds is 4. The molecule has 0 spiro atoms. The molecule has 1 aromatic carbocycles. The number of nitrogens with one attached hydrogen (secondary N) is 1. The average molecular weight is 251 g/mol. The van der Waals surface area contributed by atoms with Crippen LogP contribution in [0.15, 0.2) is 12.1 Å². The molecule has 0 radical (unpaired) electrons. The third-order valence-corrected chi connectivity index (χ3v) is 2.76. The summed E-state index contributed by atoms with van der Waals surface area (Å²) < 4.78 is 5.16. The second-order valence-corrected chi connectivity index (χ2v) is 4.19. The topological polar surface area (TPSA) is 75.6 Å². The normalized spacial score (nSPS) is 11.8. The summed E-state index contributed by atoms with van der Waals surface area (Å²) in [7, 11) is 1.58. The minimum Gasteiger partial charge on any atom is -0.496 e. The molecule has 0 heterocycles. The molecule has 0 saturated carbocycles. The van der Waals surface area contributed by atoms with Crippen molar-refractivity contribution in [2.24, 2.45) is 5.92 Å². The number of benzene rings is 1. The molecule has 1 aromatic rings. The lowest BCUT2D eigenvalue weighted by atomic mass is 10.1. The first-order chi connectivity index (χ1) is 8.36. The summed E-state index contributed by atoms with van der Waals surface area (Å²) in [5.74, 6) is -2.02. The Hall–Kier alpha value is -2.04. The molecule has 98 valence electrons. The zero-order valence-electron chi connectivity index (χ0n) is 10.9. The van der Waals surface area contributed by atoms with E-state index in [1.807, 2.05) is 13.8 Å². The van der Waals surface area contributed by atoms with Gasteiger partial charge in [0.1, 0.15) is 11.7 Å². The monoisotopic (exact) mass is 251 g/mol. The fourth-order valence-corrected chi connectivity index (χ4v) is 1.50. The van der Waals surface area contributed by atoms with Crippen LogP contribution in [0, 0.1) is 19.8 Å². The van der Waals surface area contributed by atoms with Gasteiger partial charge in [0.05, 0.1) is 7.11 Å². The van der Waals surface area contributed by atoms with Gasteiger partial charge in [0.15, 0.2) is 0 Å². The van der Waals surface area contributed by atoms with Crippen LogP contribution in [0.25, 0.3) is 0 Å². The van der Waals surface area contributed by atoms with Gasteiger partial charge >= 0.3 is 5.97 Å². The molecule has 18 heavy (non-hydrogen) atoms. The van der Waals surface area contributed by atoms with Gasteiger partial charge in [-0.3, -0.25) is 9.59 Å². The molecule has 0 bridgehead atoms. The number of carboxylic acids is 1. The SMILES string of the molecule is COc1cc(C)c(NC(=O)C(C)C(=O)O)cc1C. The minimum atomic E-state index is -1.14. The van der Waals surface area contributed by atoms with Crippen LogP contribution >= 0.6 is 0 Å². The Bertz CT molecular complexity index is 482. The number of hydrogen-bond donors (Lipinski definition) is 2. The number of hydrogen-bond acceptors (Lipinski definition) is 3. The molecule has 5 heteroatoms. The van der Waals surface area contributed by atoms with Crippen molar-refractivity contribution in [1.29, 1.82) is 0 Å². The Labute approximate surface area is 106 Å². The number of methoxy groups -OCH3 is 1. The zero-order valence-corrected chi connectivity index (χ0v) is 10.9. The number of carbonyl (C=O) groups is 2. The molecule has 5 nitrogen and oxygen atoms in total. The maximum Gasteiger partial charge on any atom is 0.315 e. The van der Waals surface area contributed by atoms with E-state index < -0.39 is 17.8 Å². The lowest BCUT2D eigenvalue weighted by molar-refractivity contribution is -0.144. The minimum absolute atomic E-state index is 0.532. The Kier molecular flexibility index (Phi) is 4.31. The van der Waals surface area contributed by atoms with Crippen molar-refractivity contribution >= 4 is 17.6 Å². The van der Waals surface area contributed by atoms with Gasteiger partial charge < -0.3 is 15.2 Å². The third kappa shape index (κ3) is 3.00. The molecule has 0 aliphatic carbocycles. The number of amides is 1. The van der Waals surface area contributed by atoms with Crippen LogP contribution in [0.3, 0.4) is 0 Å². The Morgan fingerprint density at radius 3 is 2.39 bits per heavy atom. The van der Waals surface area contributed by atoms with Crippen molar-refractivity contribution < 1.29 is 19.4 Å². The molecule has 1 amide bonds. The van der Waals surface area contributed by atoms with Gasteiger partial charge in [-0.2, -0.15) is 0 Å². The number of carboxylic acid groups (broad SMARTS) is 1. The first-order valence-corrected chi connectivity index (χ1v) is 5.55. The van der Waals surface area contributed by atoms with Gasteiger partial charge in [0.2, 0.25) is 5.91 Å². The van der Waals surface area contributed by atoms with E-state index in [9.17, 15) is 9.59 Å². The van der Waals surface area contributed by atoms with Gasteiger partial charge in [-0.25, -0.2) is 0 Å². The number of carbonyl (C=O) groups excluding carboxylic acids is 1. The van der Waals surface area contributed by atoms with E-state index in [0.717, 1.165) is 16.9 Å². The summed E-state index contributed by atoms with van der Waals surface area (Å²) >= 11 is 0. The van der Waals surface area contributed by atoms with Gasteiger partial charge in [-0.15, -0.1) is 0 Å². The van der Waals surface area contributed by atoms with E-state index in [0.29, 0.717) is 5.69 Å². The summed E-state index contributed by atoms with van der Waals surface area (Å²) in [4.78, 5) is 22.4. The van der Waals surface area contributed by atoms with E-state index in [2.05, 4.69) is 5.32 Å². The second-order valence-electron chi connectivity index (χ2n) is 4.19. The second kappa shape index (κ2) is 5.53. The summed E-state index contributed by atoms with van der Waals surface area (Å²) in [5.41, 5.74) is 2.30. The molecule has 0 fully saturated rings. The van der Waals surface area contributed by atoms with Crippen LogP contribution < -0.4 is 10.1 Å². The van der Waals surface area contributed by atoms with Crippen LogP contribution in [0.4, 0.5) is 5.69 Å². The third-order valence-electron chi connectivity index (χ3n) is 2.76. The van der Waals surface area contributed by atoms with Crippen molar-refractivity contribution in [1.82, 2.24) is 0 Å². The number of anilines is 1. The van der Waals surface area contributed by atoms with Crippen LogP contribution in [0.1, 0.15) is 18.1 Å². The highest BCUT2D eigenvalue weighted by Crippen LogP contribution is 2.26. The first kappa shape index (κ1) is 14.0. The molecule has 1 atom stereocenters. The lowest BCUT2D eigenvalue weighted by Gasteiger charge is -2.13. The predicted molar refractivity (Wildman–Crippen MR) is 67.9 cm³/mol. The quantitative estimate of drug-likeness (QED) is 0.802. The Morgan fingerprint density at radius 1 is 1.28 bits per heavy atom. The summed E-state index contributed by atoms with van der Waals surface area (Å²) in [6.07, 6.45) is 0. The van der Waals surface area contributed by atoms with Crippen LogP contribution in [0.5, 0.6) is 5.75 Å². The van der Waals surface area contributed by atoms with Crippen molar-refractivity contribution in [3.63, 3.8) is 0 Å². The molecule has 1 unspecified atom stereocenters. The summed E-state index contributed by atoms with van der Waals surface area (Å²) in [6.45, 7) is 5.03. The van der Waals surface area contributed by atoms with E-state index in [4.69, 9.17) is 9.84 Å². The highest BCUT2D eigenvalue weighted by molar-refractivity contribution is 6.04.